The molecule has 0 aromatic heterocycles. The van der Waals surface area contributed by atoms with Gasteiger partial charge in [0.2, 0.25) is 5.91 Å². The van der Waals surface area contributed by atoms with Crippen LogP contribution >= 0.6 is 0 Å². The number of nitrogens with one attached hydrogen (secondary N) is 2. The fourth-order valence-corrected chi connectivity index (χ4v) is 3.55. The lowest BCUT2D eigenvalue weighted by atomic mass is 9.80. The number of carbonyl (C=O) groups is 3. The first-order valence-electron chi connectivity index (χ1n) is 10.5. The van der Waals surface area contributed by atoms with Crippen molar-refractivity contribution in [3.8, 4) is 0 Å². The third kappa shape index (κ3) is 6.41. The maximum Gasteiger partial charge on any atom is 0.336 e. The summed E-state index contributed by atoms with van der Waals surface area (Å²) < 4.78 is 10.4. The van der Waals surface area contributed by atoms with Crippen LogP contribution in [0.3, 0.4) is 0 Å². The average Bonchev–Trinajstić information content (AvgIpc) is 2.70. The topological polar surface area (TPSA) is 137 Å². The summed E-state index contributed by atoms with van der Waals surface area (Å²) in [5.74, 6) is -2.83. The van der Waals surface area contributed by atoms with Crippen LogP contribution in [0.2, 0.25) is 0 Å². The Morgan fingerprint density at radius 3 is 2.36 bits per heavy atom. The van der Waals surface area contributed by atoms with Gasteiger partial charge in [-0.25, -0.2) is 4.79 Å². The minimum absolute atomic E-state index is 0.111. The van der Waals surface area contributed by atoms with Crippen molar-refractivity contribution >= 4 is 23.5 Å². The van der Waals surface area contributed by atoms with E-state index in [1.54, 1.807) is 47.6 Å². The molecule has 0 aliphatic carbocycles. The third-order valence-electron chi connectivity index (χ3n) is 4.73. The van der Waals surface area contributed by atoms with E-state index in [1.165, 1.54) is 18.2 Å². The predicted molar refractivity (Wildman–Crippen MR) is 120 cm³/mol. The number of allylic oxidation sites excluding steroid dienone is 2. The molecule has 0 spiro atoms. The second kappa shape index (κ2) is 10.3. The molecule has 178 valence electrons. The first kappa shape index (κ1) is 25.6. The fourth-order valence-electron chi connectivity index (χ4n) is 3.55. The molecule has 2 N–H and O–H groups in total. The lowest BCUT2D eigenvalue weighted by Crippen LogP contribution is -2.39. The number of hydrogen-bond acceptors (Lipinski definition) is 8. The number of non-ortho nitro benzene ring substituents is 1. The van der Waals surface area contributed by atoms with E-state index in [1.807, 2.05) is 0 Å². The highest BCUT2D eigenvalue weighted by Gasteiger charge is 2.37. The molecule has 1 aliphatic rings. The first-order chi connectivity index (χ1) is 15.4. The molecule has 1 aromatic carbocycles. The molecule has 1 unspecified atom stereocenters. The molecule has 0 radical (unpaired) electrons. The van der Waals surface area contributed by atoms with Gasteiger partial charge in [0.25, 0.3) is 5.69 Å². The van der Waals surface area contributed by atoms with Gasteiger partial charge in [0.15, 0.2) is 0 Å². The molecule has 1 amide bonds. The lowest BCUT2D eigenvalue weighted by molar-refractivity contribution is -0.384. The van der Waals surface area contributed by atoms with Crippen LogP contribution in [-0.2, 0) is 23.9 Å². The lowest BCUT2D eigenvalue weighted by Gasteiger charge is -2.31. The summed E-state index contributed by atoms with van der Waals surface area (Å²) in [6.07, 6.45) is 0. The molecular formula is C23H29N3O7. The molecule has 1 heterocycles. The van der Waals surface area contributed by atoms with Crippen LogP contribution in [0, 0.1) is 10.1 Å². The molecule has 1 aliphatic heterocycles. The smallest absolute Gasteiger partial charge is 0.336 e. The molecule has 10 nitrogen and oxygen atoms in total. The van der Waals surface area contributed by atoms with Gasteiger partial charge in [0.05, 0.1) is 23.0 Å². The Morgan fingerprint density at radius 1 is 1.15 bits per heavy atom. The Labute approximate surface area is 192 Å². The molecule has 10 heteroatoms. The number of nitro groups is 1. The summed E-state index contributed by atoms with van der Waals surface area (Å²) in [5, 5.41) is 16.9. The van der Waals surface area contributed by atoms with Crippen LogP contribution in [-0.4, -0.2) is 41.5 Å². The summed E-state index contributed by atoms with van der Waals surface area (Å²) >= 11 is 0. The Kier molecular flexibility index (Phi) is 7.97. The molecule has 0 fully saturated rings. The van der Waals surface area contributed by atoms with Crippen molar-refractivity contribution < 1.29 is 28.8 Å². The zero-order valence-electron chi connectivity index (χ0n) is 19.6. The van der Waals surface area contributed by atoms with Crippen molar-refractivity contribution in [1.29, 1.82) is 0 Å². The van der Waals surface area contributed by atoms with Crippen LogP contribution in [0.15, 0.2) is 46.8 Å². The largest absolute Gasteiger partial charge is 0.463 e. The highest BCUT2D eigenvalue weighted by molar-refractivity contribution is 6.02. The van der Waals surface area contributed by atoms with E-state index >= 15 is 0 Å². The van der Waals surface area contributed by atoms with Crippen molar-refractivity contribution in [2.45, 2.75) is 53.1 Å². The van der Waals surface area contributed by atoms with E-state index in [-0.39, 0.29) is 30.0 Å². The maximum atomic E-state index is 13.2. The van der Waals surface area contributed by atoms with E-state index < -0.39 is 34.3 Å². The van der Waals surface area contributed by atoms with Crippen molar-refractivity contribution in [1.82, 2.24) is 10.6 Å². The number of esters is 2. The van der Waals surface area contributed by atoms with Crippen molar-refractivity contribution in [3.05, 3.63) is 62.5 Å². The van der Waals surface area contributed by atoms with Gasteiger partial charge >= 0.3 is 11.9 Å². The van der Waals surface area contributed by atoms with Gasteiger partial charge in [0, 0.05) is 29.1 Å². The number of ether oxygens (including phenoxy) is 2. The number of amides is 1. The zero-order chi connectivity index (χ0) is 24.9. The Morgan fingerprint density at radius 2 is 1.79 bits per heavy atom. The van der Waals surface area contributed by atoms with Gasteiger partial charge in [0.1, 0.15) is 12.1 Å². The molecule has 0 saturated heterocycles. The predicted octanol–water partition coefficient (Wildman–Crippen LogP) is 2.85. The number of carbonyl (C=O) groups excluding carboxylic acids is 3. The number of rotatable bonds is 7. The monoisotopic (exact) mass is 459 g/mol. The zero-order valence-corrected chi connectivity index (χ0v) is 19.6. The quantitative estimate of drug-likeness (QED) is 0.361. The van der Waals surface area contributed by atoms with E-state index in [4.69, 9.17) is 9.47 Å². The first-order valence-corrected chi connectivity index (χ1v) is 10.5. The van der Waals surface area contributed by atoms with Crippen molar-refractivity contribution in [2.24, 2.45) is 0 Å². The minimum Gasteiger partial charge on any atom is -0.463 e. The molecule has 2 rings (SSSR count). The summed E-state index contributed by atoms with van der Waals surface area (Å²) in [6.45, 7) is 9.83. The number of benzene rings is 1. The van der Waals surface area contributed by atoms with Crippen LogP contribution in [0.25, 0.3) is 0 Å². The standard InChI is InChI=1S/C23H29N3O7/c1-7-32-22(29)19-14(3)25-13(2)18(21(28)24-12-17(27)33-23(4,5)6)20(19)15-9-8-10-16(11-15)26(30)31/h8-11,20,25H,7,12H2,1-6H3,(H,24,28). The average molecular weight is 459 g/mol. The second-order valence-corrected chi connectivity index (χ2v) is 8.48. The molecule has 0 bridgehead atoms. The fraction of sp³-hybridized carbons (Fsp3) is 0.435. The second-order valence-electron chi connectivity index (χ2n) is 8.48. The molecule has 1 aromatic rings. The van der Waals surface area contributed by atoms with E-state index in [0.717, 1.165) is 0 Å². The van der Waals surface area contributed by atoms with Gasteiger partial charge in [-0.1, -0.05) is 12.1 Å². The van der Waals surface area contributed by atoms with Crippen LogP contribution in [0.4, 0.5) is 5.69 Å². The van der Waals surface area contributed by atoms with Crippen LogP contribution < -0.4 is 10.6 Å². The van der Waals surface area contributed by atoms with E-state index in [2.05, 4.69) is 10.6 Å². The number of dihydropyridines is 1. The Balaban J connectivity index is 2.50. The van der Waals surface area contributed by atoms with Gasteiger partial charge < -0.3 is 20.1 Å². The highest BCUT2D eigenvalue weighted by atomic mass is 16.6. The highest BCUT2D eigenvalue weighted by Crippen LogP contribution is 2.39. The molecule has 33 heavy (non-hydrogen) atoms. The Hall–Kier alpha value is -3.69. The number of hydrogen-bond donors (Lipinski definition) is 2. The summed E-state index contributed by atoms with van der Waals surface area (Å²) in [4.78, 5) is 48.9. The number of nitro benzene ring substituents is 1. The van der Waals surface area contributed by atoms with Gasteiger partial charge in [-0.05, 0) is 47.1 Å². The normalized spacial score (nSPS) is 16.1. The van der Waals surface area contributed by atoms with Gasteiger partial charge in [-0.3, -0.25) is 19.7 Å². The van der Waals surface area contributed by atoms with Crippen molar-refractivity contribution in [2.75, 3.05) is 13.2 Å². The van der Waals surface area contributed by atoms with E-state index in [0.29, 0.717) is 17.0 Å². The SMILES string of the molecule is CCOC(=O)C1=C(C)NC(C)=C(C(=O)NCC(=O)OC(C)(C)C)C1c1cccc([N+](=O)[O-])c1. The van der Waals surface area contributed by atoms with Gasteiger partial charge in [-0.15, -0.1) is 0 Å². The molecular weight excluding hydrogens is 430 g/mol. The summed E-state index contributed by atoms with van der Waals surface area (Å²) in [7, 11) is 0. The summed E-state index contributed by atoms with van der Waals surface area (Å²) in [5.41, 5.74) is 0.683. The van der Waals surface area contributed by atoms with Crippen LogP contribution in [0.5, 0.6) is 0 Å². The third-order valence-corrected chi connectivity index (χ3v) is 4.73. The minimum atomic E-state index is -0.941. The van der Waals surface area contributed by atoms with Crippen LogP contribution in [0.1, 0.15) is 53.0 Å². The molecule has 1 atom stereocenters. The van der Waals surface area contributed by atoms with Crippen molar-refractivity contribution in [3.63, 3.8) is 0 Å². The number of nitrogens with zero attached hydrogens (tertiary/aromatic N) is 1. The molecule has 0 saturated carbocycles. The van der Waals surface area contributed by atoms with E-state index in [9.17, 15) is 24.5 Å². The van der Waals surface area contributed by atoms with Gasteiger partial charge in [-0.2, -0.15) is 0 Å². The summed E-state index contributed by atoms with van der Waals surface area (Å²) in [6, 6.07) is 5.73. The Bertz CT molecular complexity index is 1030. The maximum absolute atomic E-state index is 13.2.